The van der Waals surface area contributed by atoms with Crippen molar-refractivity contribution in [2.75, 3.05) is 13.7 Å². The summed E-state index contributed by atoms with van der Waals surface area (Å²) in [6.45, 7) is 2.34. The monoisotopic (exact) mass is 156 g/mol. The van der Waals surface area contributed by atoms with E-state index in [9.17, 15) is 4.79 Å². The van der Waals surface area contributed by atoms with Crippen LogP contribution in [0.25, 0.3) is 0 Å². The molecular formula is C8H12O3. The number of Topliss-reactive ketones (excluding diaryl/α,β-unsaturated/α-hetero) is 1. The lowest BCUT2D eigenvalue weighted by molar-refractivity contribution is -0.127. The summed E-state index contributed by atoms with van der Waals surface area (Å²) < 4.78 is 9.92. The molecule has 0 saturated carbocycles. The van der Waals surface area contributed by atoms with E-state index in [4.69, 9.17) is 9.47 Å². The number of methoxy groups -OCH3 is 1. The summed E-state index contributed by atoms with van der Waals surface area (Å²) in [7, 11) is 1.51. The first-order valence-electron chi connectivity index (χ1n) is 3.65. The van der Waals surface area contributed by atoms with E-state index >= 15 is 0 Å². The molecule has 0 aliphatic carbocycles. The van der Waals surface area contributed by atoms with E-state index in [0.29, 0.717) is 12.4 Å². The number of ketones is 1. The average Bonchev–Trinajstić information content (AvgIpc) is 2.53. The Kier molecular flexibility index (Phi) is 2.65. The van der Waals surface area contributed by atoms with Crippen molar-refractivity contribution >= 4 is 5.78 Å². The number of rotatable bonds is 3. The minimum Gasteiger partial charge on any atom is -0.490 e. The quantitative estimate of drug-likeness (QED) is 0.608. The Labute approximate surface area is 66.0 Å². The summed E-state index contributed by atoms with van der Waals surface area (Å²) >= 11 is 0. The summed E-state index contributed by atoms with van der Waals surface area (Å²) in [6, 6.07) is 0. The van der Waals surface area contributed by atoms with Crippen LogP contribution in [0.2, 0.25) is 0 Å². The fraction of sp³-hybridized carbons (Fsp3) is 0.625. The van der Waals surface area contributed by atoms with E-state index in [1.165, 1.54) is 7.11 Å². The van der Waals surface area contributed by atoms with Crippen LogP contribution < -0.4 is 0 Å². The molecule has 3 nitrogen and oxygen atoms in total. The van der Waals surface area contributed by atoms with Crippen molar-refractivity contribution in [3.8, 4) is 0 Å². The van der Waals surface area contributed by atoms with E-state index in [1.807, 2.05) is 0 Å². The van der Waals surface area contributed by atoms with Crippen LogP contribution in [0.15, 0.2) is 11.8 Å². The van der Waals surface area contributed by atoms with Gasteiger partial charge in [0.2, 0.25) is 5.78 Å². The molecule has 3 heteroatoms. The number of hydrogen-bond acceptors (Lipinski definition) is 3. The Morgan fingerprint density at radius 2 is 2.55 bits per heavy atom. The zero-order valence-corrected chi connectivity index (χ0v) is 6.79. The molecule has 0 N–H and O–H groups in total. The number of carbonyl (C=O) groups is 1. The van der Waals surface area contributed by atoms with Crippen LogP contribution in [0.3, 0.4) is 0 Å². The normalized spacial score (nSPS) is 18.9. The molecule has 0 spiro atoms. The predicted octanol–water partition coefficient (Wildman–Crippen LogP) is 0.895. The van der Waals surface area contributed by atoms with Crippen molar-refractivity contribution in [1.29, 1.82) is 0 Å². The third-order valence-electron chi connectivity index (χ3n) is 1.67. The maximum atomic E-state index is 11.3. The highest BCUT2D eigenvalue weighted by molar-refractivity contribution is 5.96. The molecule has 1 aliphatic rings. The van der Waals surface area contributed by atoms with Gasteiger partial charge in [0.25, 0.3) is 0 Å². The Morgan fingerprint density at radius 1 is 1.82 bits per heavy atom. The fourth-order valence-electron chi connectivity index (χ4n) is 0.897. The molecule has 62 valence electrons. The van der Waals surface area contributed by atoms with Gasteiger partial charge in [-0.05, 0) is 13.0 Å². The highest BCUT2D eigenvalue weighted by Crippen LogP contribution is 2.12. The first kappa shape index (κ1) is 8.27. The highest BCUT2D eigenvalue weighted by atomic mass is 16.5. The molecule has 0 radical (unpaired) electrons. The standard InChI is InChI=1S/C8H12O3/c1-6(10-2)8(9)7-4-3-5-11-7/h4,6H,3,5H2,1-2H3. The van der Waals surface area contributed by atoms with Crippen molar-refractivity contribution in [2.45, 2.75) is 19.4 Å². The predicted molar refractivity (Wildman–Crippen MR) is 40.1 cm³/mol. The van der Waals surface area contributed by atoms with Crippen molar-refractivity contribution in [1.82, 2.24) is 0 Å². The van der Waals surface area contributed by atoms with Gasteiger partial charge in [0.15, 0.2) is 5.76 Å². The van der Waals surface area contributed by atoms with Gasteiger partial charge in [0.1, 0.15) is 6.10 Å². The van der Waals surface area contributed by atoms with Crippen molar-refractivity contribution in [2.24, 2.45) is 0 Å². The third-order valence-corrected chi connectivity index (χ3v) is 1.67. The maximum absolute atomic E-state index is 11.3. The van der Waals surface area contributed by atoms with Gasteiger partial charge >= 0.3 is 0 Å². The van der Waals surface area contributed by atoms with Crippen molar-refractivity contribution < 1.29 is 14.3 Å². The van der Waals surface area contributed by atoms with Gasteiger partial charge in [-0.25, -0.2) is 0 Å². The van der Waals surface area contributed by atoms with Crippen LogP contribution >= 0.6 is 0 Å². The summed E-state index contributed by atoms with van der Waals surface area (Å²) in [5, 5.41) is 0. The molecule has 11 heavy (non-hydrogen) atoms. The van der Waals surface area contributed by atoms with Gasteiger partial charge in [0.05, 0.1) is 6.61 Å². The largest absolute Gasteiger partial charge is 0.490 e. The van der Waals surface area contributed by atoms with Crippen molar-refractivity contribution in [3.05, 3.63) is 11.8 Å². The second-order valence-electron chi connectivity index (χ2n) is 2.45. The van der Waals surface area contributed by atoms with E-state index in [2.05, 4.69) is 0 Å². The van der Waals surface area contributed by atoms with E-state index in [-0.39, 0.29) is 11.9 Å². The van der Waals surface area contributed by atoms with E-state index < -0.39 is 0 Å². The van der Waals surface area contributed by atoms with E-state index in [1.54, 1.807) is 13.0 Å². The molecule has 0 aromatic carbocycles. The highest BCUT2D eigenvalue weighted by Gasteiger charge is 2.20. The zero-order valence-electron chi connectivity index (χ0n) is 6.79. The van der Waals surface area contributed by atoms with Gasteiger partial charge in [-0.15, -0.1) is 0 Å². The zero-order chi connectivity index (χ0) is 8.27. The Bertz CT molecular complexity index is 184. The minimum absolute atomic E-state index is 0.0648. The molecule has 0 aromatic heterocycles. The number of ether oxygens (including phenoxy) is 2. The smallest absolute Gasteiger partial charge is 0.225 e. The Balaban J connectivity index is 2.53. The summed E-state index contributed by atoms with van der Waals surface area (Å²) in [6.07, 6.45) is 2.24. The Hall–Kier alpha value is -0.830. The lowest BCUT2D eigenvalue weighted by atomic mass is 10.2. The average molecular weight is 156 g/mol. The van der Waals surface area contributed by atoms with Crippen LogP contribution in [0.1, 0.15) is 13.3 Å². The molecule has 0 aromatic rings. The fourth-order valence-corrected chi connectivity index (χ4v) is 0.897. The Morgan fingerprint density at radius 3 is 3.00 bits per heavy atom. The van der Waals surface area contributed by atoms with Gasteiger partial charge in [-0.3, -0.25) is 4.79 Å². The molecule has 1 heterocycles. The molecule has 0 bridgehead atoms. The van der Waals surface area contributed by atoms with Gasteiger partial charge < -0.3 is 9.47 Å². The second kappa shape index (κ2) is 3.53. The molecule has 1 unspecified atom stereocenters. The molecule has 1 atom stereocenters. The number of hydrogen-bond donors (Lipinski definition) is 0. The lowest BCUT2D eigenvalue weighted by Crippen LogP contribution is -2.21. The molecule has 0 amide bonds. The van der Waals surface area contributed by atoms with Crippen LogP contribution in [-0.4, -0.2) is 25.6 Å². The van der Waals surface area contributed by atoms with Crippen LogP contribution in [-0.2, 0) is 14.3 Å². The molecule has 0 saturated heterocycles. The van der Waals surface area contributed by atoms with Gasteiger partial charge in [-0.1, -0.05) is 0 Å². The molecule has 1 aliphatic heterocycles. The maximum Gasteiger partial charge on any atom is 0.225 e. The summed E-state index contributed by atoms with van der Waals surface area (Å²) in [5.74, 6) is 0.393. The second-order valence-corrected chi connectivity index (χ2v) is 2.45. The van der Waals surface area contributed by atoms with Crippen molar-refractivity contribution in [3.63, 3.8) is 0 Å². The SMILES string of the molecule is COC(C)C(=O)C1=CCCO1. The number of carbonyl (C=O) groups excluding carboxylic acids is 1. The van der Waals surface area contributed by atoms with E-state index in [0.717, 1.165) is 6.42 Å². The molecule has 0 fully saturated rings. The molecule has 1 rings (SSSR count). The third kappa shape index (κ3) is 1.80. The van der Waals surface area contributed by atoms with Crippen LogP contribution in [0.4, 0.5) is 0 Å². The van der Waals surface area contributed by atoms with Crippen LogP contribution in [0.5, 0.6) is 0 Å². The van der Waals surface area contributed by atoms with Crippen LogP contribution in [0, 0.1) is 0 Å². The first-order valence-corrected chi connectivity index (χ1v) is 3.65. The topological polar surface area (TPSA) is 35.5 Å². The van der Waals surface area contributed by atoms with Gasteiger partial charge in [0, 0.05) is 13.5 Å². The summed E-state index contributed by atoms with van der Waals surface area (Å²) in [5.41, 5.74) is 0. The first-order chi connectivity index (χ1) is 5.25. The van der Waals surface area contributed by atoms with Gasteiger partial charge in [-0.2, -0.15) is 0 Å². The minimum atomic E-state index is -0.389. The molecular weight excluding hydrogens is 144 g/mol. The lowest BCUT2D eigenvalue weighted by Gasteiger charge is -2.08. The summed E-state index contributed by atoms with van der Waals surface area (Å²) in [4.78, 5) is 11.3.